The maximum Gasteiger partial charge on any atom is 0.0733 e. The van der Waals surface area contributed by atoms with Gasteiger partial charge in [0.1, 0.15) is 0 Å². The predicted molar refractivity (Wildman–Crippen MR) is 48.6 cm³/mol. The molecule has 0 radical (unpaired) electrons. The summed E-state index contributed by atoms with van der Waals surface area (Å²) >= 11 is 0. The van der Waals surface area contributed by atoms with Gasteiger partial charge in [0.15, 0.2) is 0 Å². The molecule has 0 saturated carbocycles. The number of carboxylic acids is 1. The van der Waals surface area contributed by atoms with Crippen LogP contribution in [-0.2, 0) is 0 Å². The highest BCUT2D eigenvalue weighted by molar-refractivity contribution is 5.87. The molecule has 0 amide bonds. The Morgan fingerprint density at radius 3 is 2.23 bits per heavy atom. The van der Waals surface area contributed by atoms with E-state index in [2.05, 4.69) is 0 Å². The van der Waals surface area contributed by atoms with Gasteiger partial charge in [0.05, 0.1) is 5.97 Å². The van der Waals surface area contributed by atoms with Crippen molar-refractivity contribution in [2.45, 2.75) is 33.7 Å². The fourth-order valence-electron chi connectivity index (χ4n) is 1.78. The van der Waals surface area contributed by atoms with Crippen LogP contribution in [-0.4, -0.2) is 10.5 Å². The molecule has 3 nitrogen and oxygen atoms in total. The summed E-state index contributed by atoms with van der Waals surface area (Å²) in [6.07, 6.45) is 0. The Bertz CT molecular complexity index is 337. The summed E-state index contributed by atoms with van der Waals surface area (Å²) in [6, 6.07) is 1.94. The third kappa shape index (κ3) is 1.59. The topological polar surface area (TPSA) is 45.1 Å². The van der Waals surface area contributed by atoms with E-state index in [9.17, 15) is 9.90 Å². The van der Waals surface area contributed by atoms with E-state index in [1.807, 2.05) is 25.3 Å². The van der Waals surface area contributed by atoms with Crippen molar-refractivity contribution < 1.29 is 9.90 Å². The Morgan fingerprint density at radius 1 is 1.46 bits per heavy atom. The van der Waals surface area contributed by atoms with Crippen molar-refractivity contribution in [1.29, 1.82) is 0 Å². The molecule has 0 spiro atoms. The largest absolute Gasteiger partial charge is 0.545 e. The van der Waals surface area contributed by atoms with E-state index in [4.69, 9.17) is 0 Å². The van der Waals surface area contributed by atoms with Gasteiger partial charge in [0, 0.05) is 23.0 Å². The van der Waals surface area contributed by atoms with Crippen molar-refractivity contribution in [3.63, 3.8) is 0 Å². The van der Waals surface area contributed by atoms with Gasteiger partial charge in [-0.3, -0.25) is 0 Å². The predicted octanol–water partition coefficient (Wildman–Crippen LogP) is 1.05. The summed E-state index contributed by atoms with van der Waals surface area (Å²) in [5.41, 5.74) is 2.03. The van der Waals surface area contributed by atoms with Gasteiger partial charge in [-0.2, -0.15) is 0 Å². The smallest absolute Gasteiger partial charge is 0.0733 e. The van der Waals surface area contributed by atoms with Gasteiger partial charge in [0.2, 0.25) is 0 Å². The van der Waals surface area contributed by atoms with Crippen molar-refractivity contribution in [2.24, 2.45) is 0 Å². The SMILES string of the molecule is Cc1cc(C(=O)[O-])c(C)n1C(C)C. The van der Waals surface area contributed by atoms with E-state index in [-0.39, 0.29) is 6.04 Å². The van der Waals surface area contributed by atoms with E-state index in [1.165, 1.54) is 0 Å². The highest BCUT2D eigenvalue weighted by Crippen LogP contribution is 2.19. The van der Waals surface area contributed by atoms with Crippen molar-refractivity contribution >= 4 is 5.97 Å². The van der Waals surface area contributed by atoms with Crippen molar-refractivity contribution in [3.8, 4) is 0 Å². The Kier molecular flexibility index (Phi) is 2.45. The molecule has 0 aliphatic rings. The highest BCUT2D eigenvalue weighted by atomic mass is 16.4. The minimum Gasteiger partial charge on any atom is -0.545 e. The van der Waals surface area contributed by atoms with Gasteiger partial charge in [-0.25, -0.2) is 0 Å². The molecule has 0 bridgehead atoms. The zero-order valence-corrected chi connectivity index (χ0v) is 8.42. The van der Waals surface area contributed by atoms with E-state index < -0.39 is 5.97 Å². The first-order valence-corrected chi connectivity index (χ1v) is 4.35. The number of hydrogen-bond acceptors (Lipinski definition) is 2. The maximum atomic E-state index is 10.7. The first kappa shape index (κ1) is 9.84. The number of hydrogen-bond donors (Lipinski definition) is 0. The molecule has 72 valence electrons. The first-order chi connectivity index (χ1) is 5.95. The molecule has 1 aromatic rings. The molecule has 0 aromatic carbocycles. The second-order valence-corrected chi connectivity index (χ2v) is 3.54. The molecule has 0 aliphatic carbocycles. The van der Waals surface area contributed by atoms with E-state index >= 15 is 0 Å². The van der Waals surface area contributed by atoms with Crippen LogP contribution >= 0.6 is 0 Å². The fourth-order valence-corrected chi connectivity index (χ4v) is 1.78. The van der Waals surface area contributed by atoms with Crippen LogP contribution in [0.3, 0.4) is 0 Å². The van der Waals surface area contributed by atoms with Crippen molar-refractivity contribution in [2.75, 3.05) is 0 Å². The summed E-state index contributed by atoms with van der Waals surface area (Å²) < 4.78 is 1.99. The average Bonchev–Trinajstić information content (AvgIpc) is 2.26. The summed E-state index contributed by atoms with van der Waals surface area (Å²) in [5, 5.41) is 10.7. The fraction of sp³-hybridized carbons (Fsp3) is 0.500. The lowest BCUT2D eigenvalue weighted by molar-refractivity contribution is -0.255. The molecule has 1 heterocycles. The van der Waals surface area contributed by atoms with E-state index in [1.54, 1.807) is 13.0 Å². The Hall–Kier alpha value is -1.25. The summed E-state index contributed by atoms with van der Waals surface area (Å²) in [7, 11) is 0. The van der Waals surface area contributed by atoms with Crippen LogP contribution in [0, 0.1) is 13.8 Å². The lowest BCUT2D eigenvalue weighted by atomic mass is 10.2. The number of aryl methyl sites for hydroxylation is 1. The lowest BCUT2D eigenvalue weighted by Gasteiger charge is -2.13. The van der Waals surface area contributed by atoms with Gasteiger partial charge < -0.3 is 14.5 Å². The monoisotopic (exact) mass is 180 g/mol. The van der Waals surface area contributed by atoms with Crippen molar-refractivity contribution in [3.05, 3.63) is 23.0 Å². The second kappa shape index (κ2) is 3.24. The number of carbonyl (C=O) groups is 1. The third-order valence-electron chi connectivity index (χ3n) is 2.22. The Labute approximate surface area is 78.0 Å². The van der Waals surface area contributed by atoms with Gasteiger partial charge in [0.25, 0.3) is 0 Å². The molecule has 0 fully saturated rings. The molecule has 0 unspecified atom stereocenters. The first-order valence-electron chi connectivity index (χ1n) is 4.35. The molecule has 1 aromatic heterocycles. The van der Waals surface area contributed by atoms with E-state index in [0.717, 1.165) is 11.4 Å². The quantitative estimate of drug-likeness (QED) is 0.682. The van der Waals surface area contributed by atoms with Gasteiger partial charge in [-0.1, -0.05) is 0 Å². The molecule has 0 saturated heterocycles. The molecule has 3 heteroatoms. The number of carboxylic acid groups (broad SMARTS) is 1. The molecule has 13 heavy (non-hydrogen) atoms. The van der Waals surface area contributed by atoms with Gasteiger partial charge in [-0.05, 0) is 33.8 Å². The van der Waals surface area contributed by atoms with Crippen LogP contribution in [0.15, 0.2) is 6.07 Å². The summed E-state index contributed by atoms with van der Waals surface area (Å²) in [5.74, 6) is -1.10. The number of aromatic carboxylic acids is 1. The summed E-state index contributed by atoms with van der Waals surface area (Å²) in [6.45, 7) is 7.76. The number of nitrogens with zero attached hydrogens (tertiary/aromatic N) is 1. The molecule has 1 rings (SSSR count). The minimum atomic E-state index is -1.10. The van der Waals surface area contributed by atoms with Crippen LogP contribution in [0.2, 0.25) is 0 Å². The lowest BCUT2D eigenvalue weighted by Crippen LogP contribution is -2.23. The van der Waals surface area contributed by atoms with Crippen LogP contribution in [0.5, 0.6) is 0 Å². The van der Waals surface area contributed by atoms with E-state index in [0.29, 0.717) is 5.56 Å². The van der Waals surface area contributed by atoms with Crippen LogP contribution in [0.1, 0.15) is 41.6 Å². The molecular weight excluding hydrogens is 166 g/mol. The average molecular weight is 180 g/mol. The highest BCUT2D eigenvalue weighted by Gasteiger charge is 2.11. The van der Waals surface area contributed by atoms with Crippen molar-refractivity contribution in [1.82, 2.24) is 4.57 Å². The molecule has 0 atom stereocenters. The van der Waals surface area contributed by atoms with Crippen LogP contribution in [0.25, 0.3) is 0 Å². The normalized spacial score (nSPS) is 10.8. The van der Waals surface area contributed by atoms with Gasteiger partial charge in [-0.15, -0.1) is 0 Å². The Balaban J connectivity index is 3.30. The molecular formula is C10H14NO2-. The zero-order valence-electron chi connectivity index (χ0n) is 8.42. The third-order valence-corrected chi connectivity index (χ3v) is 2.22. The minimum absolute atomic E-state index is 0.285. The number of rotatable bonds is 2. The maximum absolute atomic E-state index is 10.7. The summed E-state index contributed by atoms with van der Waals surface area (Å²) in [4.78, 5) is 10.7. The van der Waals surface area contributed by atoms with Crippen LogP contribution in [0.4, 0.5) is 0 Å². The molecule has 0 N–H and O–H groups in total. The number of carbonyl (C=O) groups excluding carboxylic acids is 1. The second-order valence-electron chi connectivity index (χ2n) is 3.54. The number of aromatic nitrogens is 1. The van der Waals surface area contributed by atoms with Crippen LogP contribution < -0.4 is 5.11 Å². The van der Waals surface area contributed by atoms with Gasteiger partial charge >= 0.3 is 0 Å². The zero-order chi connectivity index (χ0) is 10.2. The standard InChI is InChI=1S/C10H15NO2/c1-6(2)11-7(3)5-9(8(11)4)10(12)13/h5-6H,1-4H3,(H,12,13)/p-1. The molecule has 0 aliphatic heterocycles. The Morgan fingerprint density at radius 2 is 2.00 bits per heavy atom.